The Morgan fingerprint density at radius 1 is 1.41 bits per heavy atom. The monoisotopic (exact) mass is 235 g/mol. The van der Waals surface area contributed by atoms with Crippen LogP contribution in [0.15, 0.2) is 18.2 Å². The van der Waals surface area contributed by atoms with Crippen LogP contribution in [-0.4, -0.2) is 24.8 Å². The van der Waals surface area contributed by atoms with E-state index in [4.69, 9.17) is 4.74 Å². The molecule has 1 aliphatic heterocycles. The van der Waals surface area contributed by atoms with Crippen LogP contribution >= 0.6 is 0 Å². The zero-order valence-corrected chi connectivity index (χ0v) is 10.6. The van der Waals surface area contributed by atoms with Gasteiger partial charge >= 0.3 is 0 Å². The molecule has 2 rings (SSSR count). The van der Waals surface area contributed by atoms with Crippen LogP contribution in [0.25, 0.3) is 0 Å². The number of benzene rings is 1. The molecule has 0 unspecified atom stereocenters. The molecule has 94 valence electrons. The highest BCUT2D eigenvalue weighted by Crippen LogP contribution is 2.32. The highest BCUT2D eigenvalue weighted by molar-refractivity contribution is 5.61. The zero-order chi connectivity index (χ0) is 12.3. The Morgan fingerprint density at radius 2 is 2.24 bits per heavy atom. The van der Waals surface area contributed by atoms with Crippen LogP contribution < -0.4 is 9.64 Å². The van der Waals surface area contributed by atoms with E-state index in [1.165, 1.54) is 6.42 Å². The van der Waals surface area contributed by atoms with Gasteiger partial charge in [-0.05, 0) is 30.0 Å². The lowest BCUT2D eigenvalue weighted by Crippen LogP contribution is -2.34. The summed E-state index contributed by atoms with van der Waals surface area (Å²) in [7, 11) is 0. The molecule has 1 aliphatic rings. The fourth-order valence-corrected chi connectivity index (χ4v) is 2.06. The molecule has 1 heterocycles. The number of hydrogen-bond donors (Lipinski definition) is 1. The third-order valence-electron chi connectivity index (χ3n) is 3.14. The van der Waals surface area contributed by atoms with Crippen LogP contribution in [0.3, 0.4) is 0 Å². The van der Waals surface area contributed by atoms with Gasteiger partial charge in [-0.15, -0.1) is 0 Å². The summed E-state index contributed by atoms with van der Waals surface area (Å²) < 4.78 is 5.64. The Hall–Kier alpha value is -1.22. The second kappa shape index (κ2) is 5.41. The summed E-state index contributed by atoms with van der Waals surface area (Å²) in [5.74, 6) is 1.65. The van der Waals surface area contributed by atoms with Crippen molar-refractivity contribution >= 4 is 5.69 Å². The van der Waals surface area contributed by atoms with Crippen LogP contribution in [0, 0.1) is 5.92 Å². The number of aliphatic hydroxyl groups excluding tert-OH is 1. The van der Waals surface area contributed by atoms with Crippen molar-refractivity contribution in [3.63, 3.8) is 0 Å². The van der Waals surface area contributed by atoms with E-state index in [9.17, 15) is 5.11 Å². The van der Waals surface area contributed by atoms with Gasteiger partial charge in [-0.25, -0.2) is 0 Å². The predicted octanol–water partition coefficient (Wildman–Crippen LogP) is 2.42. The first-order chi connectivity index (χ1) is 8.20. The summed E-state index contributed by atoms with van der Waals surface area (Å²) in [6.07, 6.45) is 1.18. The largest absolute Gasteiger partial charge is 0.490 e. The minimum absolute atomic E-state index is 0.0886. The number of anilines is 1. The Kier molecular flexibility index (Phi) is 3.89. The smallest absolute Gasteiger partial charge is 0.142 e. The standard InChI is InChI=1S/C14H21NO2/c1-11(2)5-6-15-7-8-17-14-4-3-12(10-16)9-13(14)15/h3-4,9,11,16H,5-8,10H2,1-2H3. The molecule has 1 aromatic rings. The van der Waals surface area contributed by atoms with Crippen LogP contribution in [0.4, 0.5) is 5.69 Å². The average molecular weight is 235 g/mol. The van der Waals surface area contributed by atoms with E-state index < -0.39 is 0 Å². The maximum atomic E-state index is 9.18. The fourth-order valence-electron chi connectivity index (χ4n) is 2.06. The van der Waals surface area contributed by atoms with Gasteiger partial charge in [0.2, 0.25) is 0 Å². The van der Waals surface area contributed by atoms with E-state index in [1.807, 2.05) is 18.2 Å². The molecule has 0 saturated heterocycles. The van der Waals surface area contributed by atoms with Crippen LogP contribution in [0.5, 0.6) is 5.75 Å². The molecule has 1 aromatic carbocycles. The lowest BCUT2D eigenvalue weighted by atomic mass is 10.1. The lowest BCUT2D eigenvalue weighted by molar-refractivity contribution is 0.280. The molecule has 0 amide bonds. The van der Waals surface area contributed by atoms with Gasteiger partial charge in [0.25, 0.3) is 0 Å². The van der Waals surface area contributed by atoms with Gasteiger partial charge in [-0.1, -0.05) is 19.9 Å². The third-order valence-corrected chi connectivity index (χ3v) is 3.14. The van der Waals surface area contributed by atoms with Crippen LogP contribution in [-0.2, 0) is 6.61 Å². The van der Waals surface area contributed by atoms with Crippen LogP contribution in [0.1, 0.15) is 25.8 Å². The SMILES string of the molecule is CC(C)CCN1CCOc2ccc(CO)cc21. The molecule has 0 aliphatic carbocycles. The summed E-state index contributed by atoms with van der Waals surface area (Å²) in [5.41, 5.74) is 2.08. The average Bonchev–Trinajstić information content (AvgIpc) is 2.35. The molecule has 0 fully saturated rings. The second-order valence-electron chi connectivity index (χ2n) is 4.98. The van der Waals surface area contributed by atoms with Gasteiger partial charge in [0.1, 0.15) is 12.4 Å². The van der Waals surface area contributed by atoms with E-state index in [-0.39, 0.29) is 6.61 Å². The molecule has 1 N–H and O–H groups in total. The zero-order valence-electron chi connectivity index (χ0n) is 10.6. The topological polar surface area (TPSA) is 32.7 Å². The number of aliphatic hydroxyl groups is 1. The molecule has 3 heteroatoms. The third kappa shape index (κ3) is 2.91. The van der Waals surface area contributed by atoms with E-state index in [1.54, 1.807) is 0 Å². The molecule has 0 spiro atoms. The molecule has 17 heavy (non-hydrogen) atoms. The molecule has 0 aromatic heterocycles. The van der Waals surface area contributed by atoms with Gasteiger partial charge in [0, 0.05) is 6.54 Å². The summed E-state index contributed by atoms with van der Waals surface area (Å²) in [6, 6.07) is 5.92. The Balaban J connectivity index is 2.16. The molecule has 0 radical (unpaired) electrons. The van der Waals surface area contributed by atoms with Crippen molar-refractivity contribution in [3.05, 3.63) is 23.8 Å². The van der Waals surface area contributed by atoms with Crippen molar-refractivity contribution in [2.24, 2.45) is 5.92 Å². The number of ether oxygens (including phenoxy) is 1. The van der Waals surface area contributed by atoms with Crippen molar-refractivity contribution < 1.29 is 9.84 Å². The van der Waals surface area contributed by atoms with Crippen molar-refractivity contribution in [1.29, 1.82) is 0 Å². The number of hydrogen-bond acceptors (Lipinski definition) is 3. The maximum Gasteiger partial charge on any atom is 0.142 e. The van der Waals surface area contributed by atoms with Gasteiger partial charge in [0.05, 0.1) is 18.8 Å². The van der Waals surface area contributed by atoms with Crippen molar-refractivity contribution in [3.8, 4) is 5.75 Å². The highest BCUT2D eigenvalue weighted by atomic mass is 16.5. The molecular formula is C14H21NO2. The Labute approximate surface area is 103 Å². The van der Waals surface area contributed by atoms with Gasteiger partial charge < -0.3 is 14.7 Å². The minimum Gasteiger partial charge on any atom is -0.490 e. The fraction of sp³-hybridized carbons (Fsp3) is 0.571. The first-order valence-electron chi connectivity index (χ1n) is 6.32. The summed E-state index contributed by atoms with van der Waals surface area (Å²) in [5, 5.41) is 9.18. The quantitative estimate of drug-likeness (QED) is 0.870. The first kappa shape index (κ1) is 12.2. The number of rotatable bonds is 4. The Morgan fingerprint density at radius 3 is 2.94 bits per heavy atom. The van der Waals surface area contributed by atoms with Crippen LogP contribution in [0.2, 0.25) is 0 Å². The summed E-state index contributed by atoms with van der Waals surface area (Å²) >= 11 is 0. The summed E-state index contributed by atoms with van der Waals surface area (Å²) in [6.45, 7) is 7.32. The van der Waals surface area contributed by atoms with Crippen molar-refractivity contribution in [1.82, 2.24) is 0 Å². The number of nitrogens with zero attached hydrogens (tertiary/aromatic N) is 1. The molecule has 0 atom stereocenters. The Bertz CT molecular complexity index is 376. The van der Waals surface area contributed by atoms with Gasteiger partial charge in [-0.3, -0.25) is 0 Å². The molecular weight excluding hydrogens is 214 g/mol. The minimum atomic E-state index is 0.0886. The second-order valence-corrected chi connectivity index (χ2v) is 4.98. The first-order valence-corrected chi connectivity index (χ1v) is 6.32. The van der Waals surface area contributed by atoms with E-state index in [0.29, 0.717) is 5.92 Å². The van der Waals surface area contributed by atoms with Crippen molar-refractivity contribution in [2.45, 2.75) is 26.9 Å². The summed E-state index contributed by atoms with van der Waals surface area (Å²) in [4.78, 5) is 2.36. The van der Waals surface area contributed by atoms with E-state index >= 15 is 0 Å². The molecule has 3 nitrogen and oxygen atoms in total. The lowest BCUT2D eigenvalue weighted by Gasteiger charge is -2.32. The highest BCUT2D eigenvalue weighted by Gasteiger charge is 2.18. The van der Waals surface area contributed by atoms with Gasteiger partial charge in [0.15, 0.2) is 0 Å². The molecule has 0 bridgehead atoms. The van der Waals surface area contributed by atoms with E-state index in [0.717, 1.165) is 36.7 Å². The van der Waals surface area contributed by atoms with E-state index in [2.05, 4.69) is 18.7 Å². The predicted molar refractivity (Wildman–Crippen MR) is 69.5 cm³/mol. The maximum absolute atomic E-state index is 9.18. The number of fused-ring (bicyclic) bond motifs is 1. The normalized spacial score (nSPS) is 14.7. The molecule has 0 saturated carbocycles. The van der Waals surface area contributed by atoms with Crippen molar-refractivity contribution in [2.75, 3.05) is 24.6 Å². The van der Waals surface area contributed by atoms with Gasteiger partial charge in [-0.2, -0.15) is 0 Å².